The van der Waals surface area contributed by atoms with Crippen molar-refractivity contribution < 1.29 is 14.3 Å². The van der Waals surface area contributed by atoms with E-state index in [0.29, 0.717) is 16.3 Å². The quantitative estimate of drug-likeness (QED) is 0.369. The van der Waals surface area contributed by atoms with Gasteiger partial charge < -0.3 is 15.4 Å². The van der Waals surface area contributed by atoms with Gasteiger partial charge in [0.15, 0.2) is 5.01 Å². The van der Waals surface area contributed by atoms with Gasteiger partial charge in [0, 0.05) is 11.3 Å². The normalized spacial score (nSPS) is 11.5. The third-order valence-electron chi connectivity index (χ3n) is 5.10. The molecule has 0 bridgehead atoms. The van der Waals surface area contributed by atoms with Crippen LogP contribution in [0, 0.1) is 6.92 Å². The van der Waals surface area contributed by atoms with Crippen LogP contribution in [0.25, 0.3) is 0 Å². The summed E-state index contributed by atoms with van der Waals surface area (Å²) in [4.78, 5) is 25.1. The first-order chi connectivity index (χ1) is 16.5. The van der Waals surface area contributed by atoms with Gasteiger partial charge in [-0.2, -0.15) is 0 Å². The molecular weight excluding hydrogens is 448 g/mol. The molecule has 0 aliphatic carbocycles. The molecule has 2 N–H and O–H groups in total. The molecule has 1 heterocycles. The second kappa shape index (κ2) is 10.7. The lowest BCUT2D eigenvalue weighted by molar-refractivity contribution is 0.0939. The summed E-state index contributed by atoms with van der Waals surface area (Å²) in [6, 6.07) is 24.0. The van der Waals surface area contributed by atoms with Crippen LogP contribution in [-0.2, 0) is 6.61 Å². The average molecular weight is 473 g/mol. The van der Waals surface area contributed by atoms with Crippen molar-refractivity contribution in [2.24, 2.45) is 0 Å². The van der Waals surface area contributed by atoms with Gasteiger partial charge in [-0.25, -0.2) is 0 Å². The Morgan fingerprint density at radius 2 is 1.62 bits per heavy atom. The Morgan fingerprint density at radius 3 is 2.32 bits per heavy atom. The zero-order valence-corrected chi connectivity index (χ0v) is 19.6. The Bertz CT molecular complexity index is 1260. The molecule has 0 spiro atoms. The van der Waals surface area contributed by atoms with Crippen LogP contribution in [0.15, 0.2) is 78.9 Å². The van der Waals surface area contributed by atoms with E-state index in [-0.39, 0.29) is 29.5 Å². The van der Waals surface area contributed by atoms with Gasteiger partial charge >= 0.3 is 0 Å². The highest BCUT2D eigenvalue weighted by molar-refractivity contribution is 7.13. The summed E-state index contributed by atoms with van der Waals surface area (Å²) in [5, 5.41) is 14.6. The number of nitrogens with zero attached hydrogens (tertiary/aromatic N) is 2. The van der Waals surface area contributed by atoms with Crippen LogP contribution < -0.4 is 15.4 Å². The number of anilines is 1. The monoisotopic (exact) mass is 472 g/mol. The standard InChI is InChI=1S/C26H24N4O3S/c1-17-8-14-22(15-9-17)33-16-23-29-30-26(34-23)25(32)28-21-12-10-20(11-13-21)24(31)27-18(2)19-6-4-3-5-7-19/h3-15,18H,16H2,1-2H3,(H,27,31)(H,28,32). The van der Waals surface area contributed by atoms with E-state index in [9.17, 15) is 9.59 Å². The zero-order chi connectivity index (χ0) is 23.9. The summed E-state index contributed by atoms with van der Waals surface area (Å²) in [5.74, 6) is 0.180. The highest BCUT2D eigenvalue weighted by Crippen LogP contribution is 2.18. The van der Waals surface area contributed by atoms with Gasteiger partial charge in [0.2, 0.25) is 5.01 Å². The molecule has 3 aromatic carbocycles. The summed E-state index contributed by atoms with van der Waals surface area (Å²) in [7, 11) is 0. The molecule has 4 rings (SSSR count). The van der Waals surface area contributed by atoms with Gasteiger partial charge in [-0.15, -0.1) is 10.2 Å². The number of hydrogen-bond acceptors (Lipinski definition) is 6. The van der Waals surface area contributed by atoms with Gasteiger partial charge in [0.05, 0.1) is 6.04 Å². The van der Waals surface area contributed by atoms with Crippen molar-refractivity contribution >= 4 is 28.8 Å². The maximum Gasteiger partial charge on any atom is 0.286 e. The zero-order valence-electron chi connectivity index (χ0n) is 18.8. The Balaban J connectivity index is 1.30. The largest absolute Gasteiger partial charge is 0.486 e. The summed E-state index contributed by atoms with van der Waals surface area (Å²) in [5.41, 5.74) is 3.25. The van der Waals surface area contributed by atoms with Crippen molar-refractivity contribution in [3.8, 4) is 5.75 Å². The van der Waals surface area contributed by atoms with Crippen molar-refractivity contribution in [1.29, 1.82) is 0 Å². The molecule has 34 heavy (non-hydrogen) atoms. The van der Waals surface area contributed by atoms with Crippen LogP contribution in [0.5, 0.6) is 5.75 Å². The lowest BCUT2D eigenvalue weighted by atomic mass is 10.1. The fourth-order valence-electron chi connectivity index (χ4n) is 3.18. The van der Waals surface area contributed by atoms with Crippen LogP contribution in [0.3, 0.4) is 0 Å². The second-order valence-electron chi connectivity index (χ2n) is 7.74. The number of carbonyl (C=O) groups excluding carboxylic acids is 2. The Kier molecular flexibility index (Phi) is 7.29. The van der Waals surface area contributed by atoms with E-state index in [1.807, 2.05) is 68.4 Å². The number of rotatable bonds is 8. The maximum absolute atomic E-state index is 12.5. The molecular formula is C26H24N4O3S. The predicted molar refractivity (Wildman–Crippen MR) is 132 cm³/mol. The van der Waals surface area contributed by atoms with Crippen LogP contribution >= 0.6 is 11.3 Å². The number of amides is 2. The van der Waals surface area contributed by atoms with E-state index in [1.54, 1.807) is 24.3 Å². The van der Waals surface area contributed by atoms with Crippen molar-refractivity contribution in [1.82, 2.24) is 15.5 Å². The van der Waals surface area contributed by atoms with Crippen molar-refractivity contribution in [2.75, 3.05) is 5.32 Å². The average Bonchev–Trinajstić information content (AvgIpc) is 3.34. The summed E-state index contributed by atoms with van der Waals surface area (Å²) in [6.07, 6.45) is 0. The van der Waals surface area contributed by atoms with Crippen LogP contribution in [-0.4, -0.2) is 22.0 Å². The summed E-state index contributed by atoms with van der Waals surface area (Å²) >= 11 is 1.17. The number of hydrogen-bond donors (Lipinski definition) is 2. The topological polar surface area (TPSA) is 93.2 Å². The number of nitrogens with one attached hydrogen (secondary N) is 2. The van der Waals surface area contributed by atoms with Crippen LogP contribution in [0.4, 0.5) is 5.69 Å². The first-order valence-electron chi connectivity index (χ1n) is 10.8. The number of aryl methyl sites for hydroxylation is 1. The first kappa shape index (κ1) is 23.1. The molecule has 172 valence electrons. The van der Waals surface area contributed by atoms with Gasteiger partial charge in [-0.1, -0.05) is 59.4 Å². The van der Waals surface area contributed by atoms with Gasteiger partial charge in [0.25, 0.3) is 11.8 Å². The first-order valence-corrected chi connectivity index (χ1v) is 11.6. The molecule has 8 heteroatoms. The van der Waals surface area contributed by atoms with Crippen molar-refractivity contribution in [2.45, 2.75) is 26.5 Å². The molecule has 0 radical (unpaired) electrons. The number of aromatic nitrogens is 2. The smallest absolute Gasteiger partial charge is 0.286 e. The number of benzene rings is 3. The molecule has 0 saturated heterocycles. The lowest BCUT2D eigenvalue weighted by Crippen LogP contribution is -2.26. The molecule has 1 unspecified atom stereocenters. The maximum atomic E-state index is 12.5. The third-order valence-corrected chi connectivity index (χ3v) is 5.99. The second-order valence-corrected chi connectivity index (χ2v) is 8.80. The van der Waals surface area contributed by atoms with Crippen LogP contribution in [0.1, 0.15) is 49.3 Å². The number of carbonyl (C=O) groups is 2. The third kappa shape index (κ3) is 6.05. The molecule has 2 amide bonds. The molecule has 0 aliphatic heterocycles. The fraction of sp³-hybridized carbons (Fsp3) is 0.154. The minimum absolute atomic E-state index is 0.116. The minimum atomic E-state index is -0.367. The van der Waals surface area contributed by atoms with E-state index in [0.717, 1.165) is 16.9 Å². The summed E-state index contributed by atoms with van der Waals surface area (Å²) < 4.78 is 5.69. The van der Waals surface area contributed by atoms with Crippen molar-refractivity contribution in [3.05, 3.63) is 106 Å². The molecule has 0 saturated carbocycles. The Morgan fingerprint density at radius 1 is 0.912 bits per heavy atom. The van der Waals surface area contributed by atoms with Gasteiger partial charge in [-0.05, 0) is 55.8 Å². The Hall–Kier alpha value is -4.04. The van der Waals surface area contributed by atoms with E-state index >= 15 is 0 Å². The minimum Gasteiger partial charge on any atom is -0.486 e. The SMILES string of the molecule is Cc1ccc(OCc2nnc(C(=O)Nc3ccc(C(=O)NC(C)c4ccccc4)cc3)s2)cc1. The van der Waals surface area contributed by atoms with Crippen LogP contribution in [0.2, 0.25) is 0 Å². The molecule has 4 aromatic rings. The molecule has 0 aliphatic rings. The van der Waals surface area contributed by atoms with Crippen molar-refractivity contribution in [3.63, 3.8) is 0 Å². The Labute approximate surface area is 201 Å². The lowest BCUT2D eigenvalue weighted by Gasteiger charge is -2.14. The molecule has 1 atom stereocenters. The predicted octanol–water partition coefficient (Wildman–Crippen LogP) is 5.17. The highest BCUT2D eigenvalue weighted by Gasteiger charge is 2.15. The molecule has 1 aromatic heterocycles. The van der Waals surface area contributed by atoms with E-state index in [2.05, 4.69) is 20.8 Å². The van der Waals surface area contributed by atoms with E-state index in [4.69, 9.17) is 4.74 Å². The van der Waals surface area contributed by atoms with Gasteiger partial charge in [0.1, 0.15) is 12.4 Å². The van der Waals surface area contributed by atoms with Gasteiger partial charge in [-0.3, -0.25) is 9.59 Å². The van der Waals surface area contributed by atoms with E-state index in [1.165, 1.54) is 11.3 Å². The molecule has 7 nitrogen and oxygen atoms in total. The fourth-order valence-corrected chi connectivity index (χ4v) is 3.83. The number of ether oxygens (including phenoxy) is 1. The highest BCUT2D eigenvalue weighted by atomic mass is 32.1. The van der Waals surface area contributed by atoms with E-state index < -0.39 is 0 Å². The molecule has 0 fully saturated rings. The summed E-state index contributed by atoms with van der Waals surface area (Å²) in [6.45, 7) is 4.18.